The van der Waals surface area contributed by atoms with Crippen molar-refractivity contribution in [3.8, 4) is 0 Å². The van der Waals surface area contributed by atoms with Crippen LogP contribution in [0, 0.1) is 5.82 Å². The van der Waals surface area contributed by atoms with E-state index in [0.717, 1.165) is 16.3 Å². The number of carbonyl (C=O) groups excluding carboxylic acids is 1. The number of halogens is 2. The molecule has 0 amide bonds. The molecule has 1 heterocycles. The predicted molar refractivity (Wildman–Crippen MR) is 80.1 cm³/mol. The standard InChI is InChI=1S/C15H9ClFNO2S/c16-9-5-6-10(11(17)7-9)15(19)20-8-14-18-12-3-1-2-4-13(12)21-14/h1-7H,8H2. The summed E-state index contributed by atoms with van der Waals surface area (Å²) in [5.41, 5.74) is 0.715. The Balaban J connectivity index is 1.73. The average Bonchev–Trinajstić information content (AvgIpc) is 2.87. The second-order valence-corrected chi connectivity index (χ2v) is 5.83. The normalized spacial score (nSPS) is 10.8. The molecule has 3 nitrogen and oxygen atoms in total. The van der Waals surface area contributed by atoms with Crippen LogP contribution in [-0.2, 0) is 11.3 Å². The molecule has 0 atom stereocenters. The zero-order valence-electron chi connectivity index (χ0n) is 10.7. The molecule has 0 saturated heterocycles. The smallest absolute Gasteiger partial charge is 0.341 e. The zero-order chi connectivity index (χ0) is 14.8. The van der Waals surface area contributed by atoms with Crippen molar-refractivity contribution in [3.05, 3.63) is 63.9 Å². The van der Waals surface area contributed by atoms with Crippen molar-refractivity contribution < 1.29 is 13.9 Å². The van der Waals surface area contributed by atoms with Crippen LogP contribution in [0.4, 0.5) is 4.39 Å². The van der Waals surface area contributed by atoms with E-state index in [1.165, 1.54) is 23.5 Å². The summed E-state index contributed by atoms with van der Waals surface area (Å²) in [5.74, 6) is -1.43. The molecule has 0 bridgehead atoms. The van der Waals surface area contributed by atoms with E-state index in [1.807, 2.05) is 24.3 Å². The summed E-state index contributed by atoms with van der Waals surface area (Å²) >= 11 is 7.08. The highest BCUT2D eigenvalue weighted by atomic mass is 35.5. The highest BCUT2D eigenvalue weighted by Crippen LogP contribution is 2.22. The number of esters is 1. The number of fused-ring (bicyclic) bond motifs is 1. The summed E-state index contributed by atoms with van der Waals surface area (Å²) < 4.78 is 19.7. The molecule has 0 saturated carbocycles. The summed E-state index contributed by atoms with van der Waals surface area (Å²) in [7, 11) is 0. The molecule has 6 heteroatoms. The third kappa shape index (κ3) is 3.04. The Kier molecular flexibility index (Phi) is 3.86. The van der Waals surface area contributed by atoms with Crippen molar-refractivity contribution in [3.63, 3.8) is 0 Å². The fourth-order valence-electron chi connectivity index (χ4n) is 1.84. The SMILES string of the molecule is O=C(OCc1nc2ccccc2s1)c1ccc(Cl)cc1F. The van der Waals surface area contributed by atoms with Gasteiger partial charge in [0.25, 0.3) is 0 Å². The second kappa shape index (κ2) is 5.79. The van der Waals surface area contributed by atoms with Gasteiger partial charge in [-0.15, -0.1) is 11.3 Å². The van der Waals surface area contributed by atoms with Crippen LogP contribution in [0.1, 0.15) is 15.4 Å². The van der Waals surface area contributed by atoms with Gasteiger partial charge >= 0.3 is 5.97 Å². The first-order valence-electron chi connectivity index (χ1n) is 6.10. The number of aromatic nitrogens is 1. The molecule has 0 unspecified atom stereocenters. The summed E-state index contributed by atoms with van der Waals surface area (Å²) in [5, 5.41) is 0.897. The summed E-state index contributed by atoms with van der Waals surface area (Å²) in [6.07, 6.45) is 0. The fourth-order valence-corrected chi connectivity index (χ4v) is 2.88. The summed E-state index contributed by atoms with van der Waals surface area (Å²) in [4.78, 5) is 16.2. The molecular weight excluding hydrogens is 313 g/mol. The van der Waals surface area contributed by atoms with E-state index in [9.17, 15) is 9.18 Å². The highest BCUT2D eigenvalue weighted by Gasteiger charge is 2.14. The third-order valence-electron chi connectivity index (χ3n) is 2.82. The second-order valence-electron chi connectivity index (χ2n) is 4.28. The maximum absolute atomic E-state index is 13.6. The van der Waals surface area contributed by atoms with Crippen LogP contribution in [0.3, 0.4) is 0 Å². The monoisotopic (exact) mass is 321 g/mol. The molecule has 2 aromatic carbocycles. The Hall–Kier alpha value is -1.98. The van der Waals surface area contributed by atoms with Gasteiger partial charge in [-0.05, 0) is 30.3 Å². The van der Waals surface area contributed by atoms with E-state index in [1.54, 1.807) is 0 Å². The van der Waals surface area contributed by atoms with Crippen molar-refractivity contribution in [2.24, 2.45) is 0 Å². The van der Waals surface area contributed by atoms with Crippen molar-refractivity contribution in [1.82, 2.24) is 4.98 Å². The Morgan fingerprint density at radius 3 is 2.86 bits per heavy atom. The topological polar surface area (TPSA) is 39.2 Å². The fraction of sp³-hybridized carbons (Fsp3) is 0.0667. The number of thiazole rings is 1. The summed E-state index contributed by atoms with van der Waals surface area (Å²) in [6.45, 7) is 0.0141. The van der Waals surface area contributed by atoms with Crippen LogP contribution in [0.5, 0.6) is 0 Å². The molecule has 0 aliphatic heterocycles. The molecule has 3 aromatic rings. The molecule has 0 radical (unpaired) electrons. The van der Waals surface area contributed by atoms with E-state index in [4.69, 9.17) is 16.3 Å². The van der Waals surface area contributed by atoms with Crippen molar-refractivity contribution in [1.29, 1.82) is 0 Å². The van der Waals surface area contributed by atoms with E-state index in [0.29, 0.717) is 5.01 Å². The third-order valence-corrected chi connectivity index (χ3v) is 4.06. The minimum atomic E-state index is -0.733. The molecule has 0 N–H and O–H groups in total. The number of carbonyl (C=O) groups is 1. The first kappa shape index (κ1) is 14.0. The number of nitrogens with zero attached hydrogens (tertiary/aromatic N) is 1. The quantitative estimate of drug-likeness (QED) is 0.669. The minimum Gasteiger partial charge on any atom is -0.455 e. The van der Waals surface area contributed by atoms with Crippen LogP contribution in [-0.4, -0.2) is 11.0 Å². The maximum atomic E-state index is 13.6. The van der Waals surface area contributed by atoms with Crippen molar-refractivity contribution in [2.45, 2.75) is 6.61 Å². The Labute approximate surface area is 129 Å². The van der Waals surface area contributed by atoms with E-state index in [2.05, 4.69) is 4.98 Å². The van der Waals surface area contributed by atoms with Gasteiger partial charge in [-0.3, -0.25) is 0 Å². The van der Waals surface area contributed by atoms with Gasteiger partial charge in [0, 0.05) is 5.02 Å². The molecule has 0 aliphatic carbocycles. The lowest BCUT2D eigenvalue weighted by Gasteiger charge is -2.04. The van der Waals surface area contributed by atoms with Gasteiger partial charge in [0.15, 0.2) is 0 Å². The van der Waals surface area contributed by atoms with Gasteiger partial charge in [0.2, 0.25) is 0 Å². The predicted octanol–water partition coefficient (Wildman–Crippen LogP) is 4.45. The number of ether oxygens (including phenoxy) is 1. The Morgan fingerprint density at radius 2 is 2.10 bits per heavy atom. The van der Waals surface area contributed by atoms with Crippen LogP contribution in [0.25, 0.3) is 10.2 Å². The van der Waals surface area contributed by atoms with Crippen molar-refractivity contribution >= 4 is 39.1 Å². The van der Waals surface area contributed by atoms with Gasteiger partial charge in [0.05, 0.1) is 15.8 Å². The van der Waals surface area contributed by atoms with E-state index >= 15 is 0 Å². The van der Waals surface area contributed by atoms with Crippen LogP contribution < -0.4 is 0 Å². The lowest BCUT2D eigenvalue weighted by Crippen LogP contribution is -2.07. The zero-order valence-corrected chi connectivity index (χ0v) is 12.2. The maximum Gasteiger partial charge on any atom is 0.341 e. The molecule has 0 aliphatic rings. The van der Waals surface area contributed by atoms with Gasteiger partial charge in [-0.1, -0.05) is 23.7 Å². The number of hydrogen-bond acceptors (Lipinski definition) is 4. The van der Waals surface area contributed by atoms with Gasteiger partial charge in [0.1, 0.15) is 17.4 Å². The van der Waals surface area contributed by atoms with Crippen LogP contribution in [0.15, 0.2) is 42.5 Å². The molecule has 106 valence electrons. The lowest BCUT2D eigenvalue weighted by molar-refractivity contribution is 0.0467. The molecule has 1 aromatic heterocycles. The first-order chi connectivity index (χ1) is 10.1. The van der Waals surface area contributed by atoms with Crippen LogP contribution >= 0.6 is 22.9 Å². The molecule has 0 fully saturated rings. The Bertz CT molecular complexity index is 785. The highest BCUT2D eigenvalue weighted by molar-refractivity contribution is 7.18. The molecule has 0 spiro atoms. The molecule has 3 rings (SSSR count). The number of para-hydroxylation sites is 1. The van der Waals surface area contributed by atoms with Crippen LogP contribution in [0.2, 0.25) is 5.02 Å². The molecule has 21 heavy (non-hydrogen) atoms. The van der Waals surface area contributed by atoms with Gasteiger partial charge in [-0.2, -0.15) is 0 Å². The van der Waals surface area contributed by atoms with Gasteiger partial charge in [-0.25, -0.2) is 14.2 Å². The minimum absolute atomic E-state index is 0.0141. The summed E-state index contributed by atoms with van der Waals surface area (Å²) in [6, 6.07) is 11.5. The number of benzene rings is 2. The largest absolute Gasteiger partial charge is 0.455 e. The number of rotatable bonds is 3. The van der Waals surface area contributed by atoms with Gasteiger partial charge < -0.3 is 4.74 Å². The van der Waals surface area contributed by atoms with E-state index in [-0.39, 0.29) is 17.2 Å². The first-order valence-corrected chi connectivity index (χ1v) is 7.29. The van der Waals surface area contributed by atoms with Crippen molar-refractivity contribution in [2.75, 3.05) is 0 Å². The average molecular weight is 322 g/mol. The lowest BCUT2D eigenvalue weighted by atomic mass is 10.2. The Morgan fingerprint density at radius 1 is 1.29 bits per heavy atom. The number of hydrogen-bond donors (Lipinski definition) is 0. The van der Waals surface area contributed by atoms with E-state index < -0.39 is 11.8 Å². The molecular formula is C15H9ClFNO2S.